The van der Waals surface area contributed by atoms with Crippen LogP contribution in [0, 0.1) is 17.6 Å². The fourth-order valence-corrected chi connectivity index (χ4v) is 4.70. The molecule has 3 heterocycles. The molecule has 43 heavy (non-hydrogen) atoms. The molecule has 1 fully saturated rings. The number of fused-ring (bicyclic) bond motifs is 1. The quantitative estimate of drug-likeness (QED) is 0.241. The molecule has 1 atom stereocenters. The number of carbonyl (C=O) groups is 3. The maximum atomic E-state index is 15.2. The highest BCUT2D eigenvalue weighted by Crippen LogP contribution is 2.35. The number of nitrogens with one attached hydrogen (secondary N) is 3. The van der Waals surface area contributed by atoms with Gasteiger partial charge in [0, 0.05) is 44.7 Å². The van der Waals surface area contributed by atoms with Gasteiger partial charge in [-0.25, -0.2) is 23.5 Å². The van der Waals surface area contributed by atoms with E-state index in [4.69, 9.17) is 9.47 Å². The summed E-state index contributed by atoms with van der Waals surface area (Å²) in [6.45, 7) is 4.06. The summed E-state index contributed by atoms with van der Waals surface area (Å²) in [7, 11) is 3.03. The Balaban J connectivity index is 1.33. The van der Waals surface area contributed by atoms with E-state index in [2.05, 4.69) is 25.8 Å². The van der Waals surface area contributed by atoms with Gasteiger partial charge in [0.1, 0.15) is 22.9 Å². The number of nitrogens with zero attached hydrogens (tertiary/aromatic N) is 4. The first-order chi connectivity index (χ1) is 20.5. The second-order valence-electron chi connectivity index (χ2n) is 10.6. The molecule has 2 aromatic carbocycles. The number of halogens is 2. The first-order valence-corrected chi connectivity index (χ1v) is 13.2. The minimum atomic E-state index is -1.29. The molecular formula is C29H29F2N7O5. The highest BCUT2D eigenvalue weighted by atomic mass is 19.1. The zero-order valence-corrected chi connectivity index (χ0v) is 23.8. The SMILES string of the molecule is COCC(C)(C)Nc1n[nH]c2nccc(Oc3ccc(NC(=O)C4CN(C)C(=O)N(c5ccc(F)cc5)C4=O)cc3F)c12. The predicted octanol–water partition coefficient (Wildman–Crippen LogP) is 4.52. The lowest BCUT2D eigenvalue weighted by Gasteiger charge is -2.35. The third-order valence-corrected chi connectivity index (χ3v) is 6.70. The Morgan fingerprint density at radius 2 is 1.86 bits per heavy atom. The van der Waals surface area contributed by atoms with E-state index in [1.54, 1.807) is 13.2 Å². The molecule has 0 radical (unpaired) electrons. The number of urea groups is 1. The molecule has 2 aromatic heterocycles. The van der Waals surface area contributed by atoms with Crippen molar-refractivity contribution in [1.29, 1.82) is 0 Å². The number of benzene rings is 2. The van der Waals surface area contributed by atoms with E-state index in [9.17, 15) is 18.8 Å². The van der Waals surface area contributed by atoms with Gasteiger partial charge in [-0.3, -0.25) is 14.7 Å². The molecule has 5 rings (SSSR count). The van der Waals surface area contributed by atoms with Crippen molar-refractivity contribution < 1.29 is 32.6 Å². The van der Waals surface area contributed by atoms with Gasteiger partial charge in [-0.1, -0.05) is 0 Å². The molecular weight excluding hydrogens is 564 g/mol. The standard InChI is InChI=1S/C29H29F2N7O5/c1-29(2,15-42-4)34-25-23-22(11-12-32-24(23)35-36-25)43-21-10-7-17(13-20(21)31)33-26(39)19-14-37(3)28(41)38(27(19)40)18-8-5-16(30)6-9-18/h5-13,19H,14-15H2,1-4H3,(H,33,39)(H2,32,34,35,36). The minimum Gasteiger partial charge on any atom is -0.453 e. The summed E-state index contributed by atoms with van der Waals surface area (Å²) < 4.78 is 39.8. The monoisotopic (exact) mass is 593 g/mol. The van der Waals surface area contributed by atoms with Gasteiger partial charge in [0.25, 0.3) is 0 Å². The normalized spacial score (nSPS) is 15.6. The zero-order chi connectivity index (χ0) is 30.9. The van der Waals surface area contributed by atoms with Gasteiger partial charge >= 0.3 is 6.03 Å². The Bertz CT molecular complexity index is 1690. The molecule has 1 unspecified atom stereocenters. The van der Waals surface area contributed by atoms with Crippen molar-refractivity contribution in [2.24, 2.45) is 5.92 Å². The Morgan fingerprint density at radius 3 is 2.56 bits per heavy atom. The molecule has 14 heteroatoms. The number of hydrogen-bond acceptors (Lipinski definition) is 8. The molecule has 0 spiro atoms. The predicted molar refractivity (Wildman–Crippen MR) is 154 cm³/mol. The third-order valence-electron chi connectivity index (χ3n) is 6.70. The maximum Gasteiger partial charge on any atom is 0.331 e. The summed E-state index contributed by atoms with van der Waals surface area (Å²) in [5.74, 6) is -3.54. The highest BCUT2D eigenvalue weighted by Gasteiger charge is 2.42. The molecule has 1 aliphatic heterocycles. The van der Waals surface area contributed by atoms with Crippen LogP contribution in [-0.2, 0) is 14.3 Å². The van der Waals surface area contributed by atoms with E-state index in [1.807, 2.05) is 13.8 Å². The van der Waals surface area contributed by atoms with Gasteiger partial charge in [-0.05, 0) is 50.2 Å². The number of H-pyrrole nitrogens is 1. The van der Waals surface area contributed by atoms with Crippen LogP contribution in [-0.4, -0.2) is 70.8 Å². The Hall–Kier alpha value is -5.11. The minimum absolute atomic E-state index is 0.0717. The van der Waals surface area contributed by atoms with Crippen molar-refractivity contribution in [2.45, 2.75) is 19.4 Å². The zero-order valence-electron chi connectivity index (χ0n) is 23.8. The molecule has 4 aromatic rings. The van der Waals surface area contributed by atoms with E-state index in [0.29, 0.717) is 23.5 Å². The molecule has 4 amide bonds. The van der Waals surface area contributed by atoms with Crippen molar-refractivity contribution in [3.8, 4) is 11.5 Å². The maximum absolute atomic E-state index is 15.2. The summed E-state index contributed by atoms with van der Waals surface area (Å²) in [5.41, 5.74) is 0.138. The van der Waals surface area contributed by atoms with Gasteiger partial charge in [0.2, 0.25) is 11.8 Å². The van der Waals surface area contributed by atoms with Crippen molar-refractivity contribution in [1.82, 2.24) is 20.1 Å². The van der Waals surface area contributed by atoms with Gasteiger partial charge in [0.15, 0.2) is 23.0 Å². The Kier molecular flexibility index (Phi) is 7.96. The topological polar surface area (TPSA) is 142 Å². The number of aromatic nitrogens is 3. The number of imide groups is 1. The van der Waals surface area contributed by atoms with Crippen LogP contribution in [0.25, 0.3) is 11.0 Å². The van der Waals surface area contributed by atoms with Crippen LogP contribution in [0.1, 0.15) is 13.8 Å². The second kappa shape index (κ2) is 11.6. The van der Waals surface area contributed by atoms with Crippen LogP contribution in [0.4, 0.5) is 30.8 Å². The van der Waals surface area contributed by atoms with E-state index >= 15 is 4.39 Å². The number of rotatable bonds is 9. The molecule has 0 aliphatic carbocycles. The van der Waals surface area contributed by atoms with Gasteiger partial charge in [-0.15, -0.1) is 0 Å². The summed E-state index contributed by atoms with van der Waals surface area (Å²) in [6, 6.07) is 9.48. The lowest BCUT2D eigenvalue weighted by Crippen LogP contribution is -2.58. The molecule has 1 saturated heterocycles. The van der Waals surface area contributed by atoms with E-state index in [-0.39, 0.29) is 29.4 Å². The number of hydrogen-bond donors (Lipinski definition) is 3. The fourth-order valence-electron chi connectivity index (χ4n) is 4.70. The van der Waals surface area contributed by atoms with Gasteiger partial charge in [-0.2, -0.15) is 5.10 Å². The number of ether oxygens (including phenoxy) is 2. The van der Waals surface area contributed by atoms with Crippen molar-refractivity contribution in [2.75, 3.05) is 42.8 Å². The van der Waals surface area contributed by atoms with Crippen LogP contribution in [0.15, 0.2) is 54.7 Å². The summed E-state index contributed by atoms with van der Waals surface area (Å²) >= 11 is 0. The van der Waals surface area contributed by atoms with Crippen molar-refractivity contribution in [3.05, 3.63) is 66.4 Å². The molecule has 12 nitrogen and oxygen atoms in total. The first-order valence-electron chi connectivity index (χ1n) is 13.2. The largest absolute Gasteiger partial charge is 0.453 e. The Morgan fingerprint density at radius 1 is 1.12 bits per heavy atom. The number of anilines is 3. The van der Waals surface area contributed by atoms with Crippen LogP contribution in [0.5, 0.6) is 11.5 Å². The number of methoxy groups -OCH3 is 1. The number of aromatic amines is 1. The molecule has 3 N–H and O–H groups in total. The molecule has 0 saturated carbocycles. The lowest BCUT2D eigenvalue weighted by atomic mass is 10.0. The summed E-state index contributed by atoms with van der Waals surface area (Å²) in [6.07, 6.45) is 1.49. The number of carbonyl (C=O) groups excluding carboxylic acids is 3. The smallest absolute Gasteiger partial charge is 0.331 e. The van der Waals surface area contributed by atoms with Gasteiger partial charge < -0.3 is 25.0 Å². The lowest BCUT2D eigenvalue weighted by molar-refractivity contribution is -0.131. The third kappa shape index (κ3) is 6.09. The van der Waals surface area contributed by atoms with E-state index < -0.39 is 40.9 Å². The fraction of sp³-hybridized carbons (Fsp3) is 0.276. The van der Waals surface area contributed by atoms with Gasteiger partial charge in [0.05, 0.1) is 17.8 Å². The molecule has 224 valence electrons. The Labute approximate surface area is 245 Å². The van der Waals surface area contributed by atoms with E-state index in [0.717, 1.165) is 23.1 Å². The van der Waals surface area contributed by atoms with Crippen LogP contribution in [0.2, 0.25) is 0 Å². The average molecular weight is 594 g/mol. The van der Waals surface area contributed by atoms with Crippen molar-refractivity contribution >= 4 is 46.1 Å². The van der Waals surface area contributed by atoms with E-state index in [1.165, 1.54) is 42.4 Å². The average Bonchev–Trinajstić information content (AvgIpc) is 3.36. The van der Waals surface area contributed by atoms with Crippen LogP contribution < -0.4 is 20.3 Å². The number of amides is 4. The molecule has 0 bridgehead atoms. The second-order valence-corrected chi connectivity index (χ2v) is 10.6. The van der Waals surface area contributed by atoms with Crippen LogP contribution in [0.3, 0.4) is 0 Å². The van der Waals surface area contributed by atoms with Crippen molar-refractivity contribution in [3.63, 3.8) is 0 Å². The summed E-state index contributed by atoms with van der Waals surface area (Å²) in [5, 5.41) is 13.4. The molecule has 1 aliphatic rings. The summed E-state index contributed by atoms with van der Waals surface area (Å²) in [4.78, 5) is 45.2. The highest BCUT2D eigenvalue weighted by molar-refractivity contribution is 6.23. The van der Waals surface area contributed by atoms with Crippen LogP contribution >= 0.6 is 0 Å². The first kappa shape index (κ1) is 29.4. The number of pyridine rings is 1.